The second kappa shape index (κ2) is 4.58. The zero-order valence-electron chi connectivity index (χ0n) is 5.56. The van der Waals surface area contributed by atoms with E-state index in [1.807, 2.05) is 19.0 Å². The summed E-state index contributed by atoms with van der Waals surface area (Å²) in [5, 5.41) is 0. The monoisotopic (exact) mass is 151 g/mol. The third kappa shape index (κ3) is 7.72. The molecule has 0 spiro atoms. The largest absolute Gasteiger partial charge is 0.452 e. The maximum Gasteiger partial charge on any atom is 0.403 e. The first-order valence-electron chi connectivity index (χ1n) is 2.60. The highest BCUT2D eigenvalue weighted by molar-refractivity contribution is 6.61. The van der Waals surface area contributed by atoms with E-state index < -0.39 is 5.43 Å². The molecule has 0 heterocycles. The second-order valence-electron chi connectivity index (χ2n) is 1.89. The molecular weight excluding hydrogens is 142 g/mol. The quantitative estimate of drug-likeness (QED) is 0.562. The average Bonchev–Trinajstić information content (AvgIpc) is 1.63. The van der Waals surface area contributed by atoms with Crippen molar-refractivity contribution in [2.45, 2.75) is 0 Å². The molecule has 0 unspecified atom stereocenters. The van der Waals surface area contributed by atoms with Gasteiger partial charge in [-0.2, -0.15) is 0 Å². The van der Waals surface area contributed by atoms with Crippen LogP contribution in [0.3, 0.4) is 0 Å². The lowest BCUT2D eigenvalue weighted by Gasteiger charge is -2.07. The molecule has 0 aliphatic heterocycles. The minimum Gasteiger partial charge on any atom is -0.452 e. The molecule has 0 atom stereocenters. The van der Waals surface area contributed by atoms with Gasteiger partial charge in [0.2, 0.25) is 0 Å². The van der Waals surface area contributed by atoms with Crippen LogP contribution >= 0.6 is 11.6 Å². The molecule has 0 saturated carbocycles. The van der Waals surface area contributed by atoms with Crippen LogP contribution in [0.1, 0.15) is 0 Å². The molecule has 54 valence electrons. The van der Waals surface area contributed by atoms with Gasteiger partial charge in [0.25, 0.3) is 0 Å². The Hall–Kier alpha value is -0.280. The fourth-order valence-electron chi connectivity index (χ4n) is 0.308. The number of halogens is 1. The van der Waals surface area contributed by atoms with Crippen LogP contribution in [0.4, 0.5) is 4.79 Å². The van der Waals surface area contributed by atoms with E-state index in [0.29, 0.717) is 13.2 Å². The number of hydrogen-bond donors (Lipinski definition) is 0. The summed E-state index contributed by atoms with van der Waals surface area (Å²) in [6, 6.07) is 0. The zero-order valence-corrected chi connectivity index (χ0v) is 6.31. The molecule has 0 rings (SSSR count). The summed E-state index contributed by atoms with van der Waals surface area (Å²) in [6.07, 6.45) is 0. The number of ether oxygens (including phenoxy) is 1. The third-order valence-corrected chi connectivity index (χ3v) is 0.863. The van der Waals surface area contributed by atoms with Crippen LogP contribution < -0.4 is 0 Å². The Morgan fingerprint density at radius 3 is 2.56 bits per heavy atom. The Morgan fingerprint density at radius 1 is 1.67 bits per heavy atom. The molecule has 0 aromatic rings. The van der Waals surface area contributed by atoms with Gasteiger partial charge in [-0.1, -0.05) is 0 Å². The highest BCUT2D eigenvalue weighted by Crippen LogP contribution is 1.86. The SMILES string of the molecule is CN(C)CCOC(=O)Cl. The summed E-state index contributed by atoms with van der Waals surface area (Å²) in [6.45, 7) is 1.06. The van der Waals surface area contributed by atoms with Crippen LogP contribution in [0.2, 0.25) is 0 Å². The zero-order chi connectivity index (χ0) is 7.28. The standard InChI is InChI=1S/C5H10ClNO2/c1-7(2)3-4-9-5(6)8/h3-4H2,1-2H3. The van der Waals surface area contributed by atoms with Crippen molar-refractivity contribution < 1.29 is 9.53 Å². The van der Waals surface area contributed by atoms with Gasteiger partial charge in [-0.05, 0) is 14.1 Å². The molecular formula is C5H10ClNO2. The van der Waals surface area contributed by atoms with Gasteiger partial charge in [0.15, 0.2) is 0 Å². The summed E-state index contributed by atoms with van der Waals surface area (Å²) in [5.41, 5.74) is -0.739. The number of rotatable bonds is 3. The Labute approximate surface area is 59.5 Å². The van der Waals surface area contributed by atoms with Crippen molar-refractivity contribution in [1.82, 2.24) is 4.90 Å². The van der Waals surface area contributed by atoms with E-state index >= 15 is 0 Å². The fourth-order valence-corrected chi connectivity index (χ4v) is 0.386. The fraction of sp³-hybridized carbons (Fsp3) is 0.800. The van der Waals surface area contributed by atoms with Gasteiger partial charge in [-0.15, -0.1) is 0 Å². The van der Waals surface area contributed by atoms with E-state index in [4.69, 9.17) is 11.6 Å². The van der Waals surface area contributed by atoms with Crippen LogP contribution in [0.15, 0.2) is 0 Å². The molecule has 0 aromatic carbocycles. The molecule has 0 aromatic heterocycles. The van der Waals surface area contributed by atoms with Gasteiger partial charge >= 0.3 is 5.43 Å². The van der Waals surface area contributed by atoms with Crippen LogP contribution in [0.25, 0.3) is 0 Å². The smallest absolute Gasteiger partial charge is 0.403 e. The van der Waals surface area contributed by atoms with Crippen LogP contribution in [-0.4, -0.2) is 37.6 Å². The highest BCUT2D eigenvalue weighted by Gasteiger charge is 1.94. The number of carbonyl (C=O) groups excluding carboxylic acids is 1. The highest BCUT2D eigenvalue weighted by atomic mass is 35.5. The number of nitrogens with zero attached hydrogens (tertiary/aromatic N) is 1. The minimum atomic E-state index is -0.739. The van der Waals surface area contributed by atoms with E-state index in [2.05, 4.69) is 4.74 Å². The molecule has 0 aliphatic rings. The molecule has 0 bridgehead atoms. The average molecular weight is 152 g/mol. The summed E-state index contributed by atoms with van der Waals surface area (Å²) in [7, 11) is 3.78. The molecule has 0 saturated heterocycles. The van der Waals surface area contributed by atoms with Crippen LogP contribution in [0.5, 0.6) is 0 Å². The Kier molecular flexibility index (Phi) is 4.44. The third-order valence-electron chi connectivity index (χ3n) is 0.754. The van der Waals surface area contributed by atoms with Crippen molar-refractivity contribution in [2.75, 3.05) is 27.2 Å². The summed E-state index contributed by atoms with van der Waals surface area (Å²) in [4.78, 5) is 11.9. The van der Waals surface area contributed by atoms with E-state index in [0.717, 1.165) is 0 Å². The van der Waals surface area contributed by atoms with Gasteiger partial charge in [-0.25, -0.2) is 4.79 Å². The van der Waals surface area contributed by atoms with Crippen molar-refractivity contribution in [3.8, 4) is 0 Å². The first-order valence-corrected chi connectivity index (χ1v) is 2.97. The molecule has 0 fully saturated rings. The normalized spacial score (nSPS) is 9.78. The lowest BCUT2D eigenvalue weighted by molar-refractivity contribution is 0.162. The molecule has 0 N–H and O–H groups in total. The number of carbonyl (C=O) groups is 1. The maximum absolute atomic E-state index is 9.95. The van der Waals surface area contributed by atoms with Gasteiger partial charge in [0.1, 0.15) is 6.61 Å². The number of likely N-dealkylation sites (N-methyl/N-ethyl adjacent to an activating group) is 1. The van der Waals surface area contributed by atoms with Gasteiger partial charge in [-0.3, -0.25) is 0 Å². The molecule has 0 amide bonds. The van der Waals surface area contributed by atoms with E-state index in [1.54, 1.807) is 0 Å². The lowest BCUT2D eigenvalue weighted by Crippen LogP contribution is -2.18. The first kappa shape index (κ1) is 8.72. The maximum atomic E-state index is 9.95. The van der Waals surface area contributed by atoms with Gasteiger partial charge in [0.05, 0.1) is 0 Å². The topological polar surface area (TPSA) is 29.5 Å². The van der Waals surface area contributed by atoms with E-state index in [1.165, 1.54) is 0 Å². The Bertz CT molecular complexity index is 95.0. The molecule has 9 heavy (non-hydrogen) atoms. The van der Waals surface area contributed by atoms with Crippen molar-refractivity contribution >= 4 is 17.0 Å². The molecule has 0 aliphatic carbocycles. The summed E-state index contributed by atoms with van der Waals surface area (Å²) < 4.78 is 4.44. The predicted octanol–water partition coefficient (Wildman–Crippen LogP) is 0.923. The van der Waals surface area contributed by atoms with Crippen molar-refractivity contribution in [3.63, 3.8) is 0 Å². The van der Waals surface area contributed by atoms with Crippen LogP contribution in [0, 0.1) is 0 Å². The van der Waals surface area contributed by atoms with E-state index in [9.17, 15) is 4.79 Å². The van der Waals surface area contributed by atoms with Gasteiger partial charge < -0.3 is 9.64 Å². The number of hydrogen-bond acceptors (Lipinski definition) is 3. The van der Waals surface area contributed by atoms with Crippen molar-refractivity contribution in [3.05, 3.63) is 0 Å². The Morgan fingerprint density at radius 2 is 2.22 bits per heavy atom. The molecule has 3 nitrogen and oxygen atoms in total. The lowest BCUT2D eigenvalue weighted by atomic mass is 10.6. The van der Waals surface area contributed by atoms with E-state index in [-0.39, 0.29) is 0 Å². The first-order chi connectivity index (χ1) is 4.13. The van der Waals surface area contributed by atoms with Crippen LogP contribution in [-0.2, 0) is 4.74 Å². The van der Waals surface area contributed by atoms with Crippen molar-refractivity contribution in [2.24, 2.45) is 0 Å². The molecule has 0 radical (unpaired) electrons. The van der Waals surface area contributed by atoms with Gasteiger partial charge in [0, 0.05) is 18.1 Å². The molecule has 4 heteroatoms. The Balaban J connectivity index is 3.01. The summed E-state index contributed by atoms with van der Waals surface area (Å²) >= 11 is 4.88. The summed E-state index contributed by atoms with van der Waals surface area (Å²) in [5.74, 6) is 0. The minimum absolute atomic E-state index is 0.356. The predicted molar refractivity (Wildman–Crippen MR) is 35.8 cm³/mol. The van der Waals surface area contributed by atoms with Crippen molar-refractivity contribution in [1.29, 1.82) is 0 Å². The second-order valence-corrected chi connectivity index (χ2v) is 2.20.